The van der Waals surface area contributed by atoms with Gasteiger partial charge in [0.05, 0.1) is 6.54 Å². The van der Waals surface area contributed by atoms with Crippen molar-refractivity contribution < 1.29 is 13.2 Å². The molecule has 2 aromatic carbocycles. The maximum absolute atomic E-state index is 14.1. The van der Waals surface area contributed by atoms with E-state index in [1.165, 1.54) is 16.7 Å². The summed E-state index contributed by atoms with van der Waals surface area (Å²) in [5, 5.41) is 0.300. The Hall–Kier alpha value is -2.32. The standard InChI is InChI=1S/C20H18ClFN2O3S/c21-18-6-4-17(19(22)11-18)13-24-12-16(5-7-20(24)25)15-3-1-2-14(10-15)8-9-23-28(26)27/h1-7,10-12,23H,8-9,13H2,(H,26,27)/p-1. The molecule has 0 aliphatic carbocycles. The van der Waals surface area contributed by atoms with E-state index in [1.807, 2.05) is 24.3 Å². The summed E-state index contributed by atoms with van der Waals surface area (Å²) in [5.41, 5.74) is 2.77. The van der Waals surface area contributed by atoms with Crippen LogP contribution in [-0.2, 0) is 24.2 Å². The van der Waals surface area contributed by atoms with Crippen molar-refractivity contribution in [1.29, 1.82) is 0 Å². The van der Waals surface area contributed by atoms with Crippen LogP contribution in [0.1, 0.15) is 11.1 Å². The normalized spacial score (nSPS) is 12.1. The number of rotatable bonds is 7. The van der Waals surface area contributed by atoms with E-state index in [0.29, 0.717) is 23.6 Å². The van der Waals surface area contributed by atoms with E-state index in [0.717, 1.165) is 16.7 Å². The van der Waals surface area contributed by atoms with E-state index in [4.69, 9.17) is 11.6 Å². The second-order valence-corrected chi connectivity index (χ2v) is 7.39. The van der Waals surface area contributed by atoms with Crippen LogP contribution in [0.2, 0.25) is 5.02 Å². The van der Waals surface area contributed by atoms with Crippen molar-refractivity contribution in [3.63, 3.8) is 0 Å². The summed E-state index contributed by atoms with van der Waals surface area (Å²) in [4.78, 5) is 12.2. The summed E-state index contributed by atoms with van der Waals surface area (Å²) >= 11 is 3.49. The lowest BCUT2D eigenvalue weighted by Gasteiger charge is -2.11. The molecule has 1 aromatic heterocycles. The molecule has 0 amide bonds. The molecule has 0 fully saturated rings. The average Bonchev–Trinajstić information content (AvgIpc) is 2.65. The molecule has 3 rings (SSSR count). The molecule has 1 unspecified atom stereocenters. The number of halogens is 2. The molecule has 28 heavy (non-hydrogen) atoms. The average molecular weight is 420 g/mol. The Balaban J connectivity index is 1.85. The van der Waals surface area contributed by atoms with Crippen LogP contribution in [0.4, 0.5) is 4.39 Å². The molecule has 0 radical (unpaired) electrons. The SMILES string of the molecule is O=c1ccc(-c2cccc(CCNS(=O)[O-])c2)cn1Cc1ccc(Cl)cc1F. The van der Waals surface area contributed by atoms with Gasteiger partial charge in [0.1, 0.15) is 5.82 Å². The lowest BCUT2D eigenvalue weighted by Crippen LogP contribution is -2.20. The Kier molecular flexibility index (Phi) is 6.74. The highest BCUT2D eigenvalue weighted by atomic mass is 35.5. The highest BCUT2D eigenvalue weighted by Crippen LogP contribution is 2.21. The van der Waals surface area contributed by atoms with E-state index < -0.39 is 17.1 Å². The first-order valence-corrected chi connectivity index (χ1v) is 9.94. The Bertz CT molecular complexity index is 1070. The van der Waals surface area contributed by atoms with Crippen LogP contribution < -0.4 is 10.3 Å². The second-order valence-electron chi connectivity index (χ2n) is 6.20. The molecule has 0 aliphatic heterocycles. The monoisotopic (exact) mass is 419 g/mol. The first kappa shape index (κ1) is 20.4. The number of hydrogen-bond donors (Lipinski definition) is 1. The maximum Gasteiger partial charge on any atom is 0.250 e. The van der Waals surface area contributed by atoms with Gasteiger partial charge in [-0.15, -0.1) is 0 Å². The van der Waals surface area contributed by atoms with Crippen molar-refractivity contribution >= 4 is 22.9 Å². The summed E-state index contributed by atoms with van der Waals surface area (Å²) < 4.78 is 39.0. The van der Waals surface area contributed by atoms with Crippen molar-refractivity contribution in [2.45, 2.75) is 13.0 Å². The Morgan fingerprint density at radius 2 is 1.93 bits per heavy atom. The molecule has 3 aromatic rings. The number of nitrogens with zero attached hydrogens (tertiary/aromatic N) is 1. The van der Waals surface area contributed by atoms with Gasteiger partial charge in [0.15, 0.2) is 0 Å². The molecule has 0 spiro atoms. The molecule has 146 valence electrons. The molecule has 0 saturated carbocycles. The number of pyridine rings is 1. The van der Waals surface area contributed by atoms with E-state index in [9.17, 15) is 17.9 Å². The Labute approximate surface area is 169 Å². The van der Waals surface area contributed by atoms with Gasteiger partial charge in [-0.1, -0.05) is 41.9 Å². The molecule has 0 saturated heterocycles. The molecule has 1 N–H and O–H groups in total. The minimum atomic E-state index is -2.29. The van der Waals surface area contributed by atoms with Crippen LogP contribution in [0.25, 0.3) is 11.1 Å². The van der Waals surface area contributed by atoms with Gasteiger partial charge in [-0.05, 0) is 41.3 Å². The summed E-state index contributed by atoms with van der Waals surface area (Å²) in [7, 11) is 0. The fourth-order valence-electron chi connectivity index (χ4n) is 2.84. The zero-order chi connectivity index (χ0) is 20.1. The molecule has 8 heteroatoms. The Morgan fingerprint density at radius 3 is 2.68 bits per heavy atom. The third-order valence-corrected chi connectivity index (χ3v) is 4.91. The maximum atomic E-state index is 14.1. The van der Waals surface area contributed by atoms with Gasteiger partial charge in [0.25, 0.3) is 5.56 Å². The fourth-order valence-corrected chi connectivity index (χ4v) is 3.27. The summed E-state index contributed by atoms with van der Waals surface area (Å²) in [6, 6.07) is 15.1. The minimum Gasteiger partial charge on any atom is -0.760 e. The molecule has 1 atom stereocenters. The van der Waals surface area contributed by atoms with Gasteiger partial charge in [-0.3, -0.25) is 9.00 Å². The van der Waals surface area contributed by atoms with Crippen molar-refractivity contribution in [3.8, 4) is 11.1 Å². The van der Waals surface area contributed by atoms with Gasteiger partial charge < -0.3 is 9.12 Å². The number of aromatic nitrogens is 1. The van der Waals surface area contributed by atoms with E-state index in [2.05, 4.69) is 4.72 Å². The Morgan fingerprint density at radius 1 is 1.11 bits per heavy atom. The van der Waals surface area contributed by atoms with E-state index in [-0.39, 0.29) is 12.1 Å². The zero-order valence-electron chi connectivity index (χ0n) is 14.7. The zero-order valence-corrected chi connectivity index (χ0v) is 16.3. The van der Waals surface area contributed by atoms with Crippen LogP contribution in [-0.4, -0.2) is 19.9 Å². The molecular weight excluding hydrogens is 403 g/mol. The second kappa shape index (κ2) is 9.25. The topological polar surface area (TPSA) is 74.2 Å². The lowest BCUT2D eigenvalue weighted by molar-refractivity contribution is 0.523. The van der Waals surface area contributed by atoms with Crippen LogP contribution >= 0.6 is 11.6 Å². The first-order chi connectivity index (χ1) is 13.4. The van der Waals surface area contributed by atoms with E-state index in [1.54, 1.807) is 24.4 Å². The first-order valence-electron chi connectivity index (χ1n) is 8.49. The summed E-state index contributed by atoms with van der Waals surface area (Å²) in [6.45, 7) is 0.392. The summed E-state index contributed by atoms with van der Waals surface area (Å²) in [5.74, 6) is -0.463. The van der Waals surface area contributed by atoms with Gasteiger partial charge in [-0.2, -0.15) is 0 Å². The van der Waals surface area contributed by atoms with Crippen LogP contribution in [0.5, 0.6) is 0 Å². The van der Waals surface area contributed by atoms with Crippen LogP contribution in [0, 0.1) is 5.82 Å². The van der Waals surface area contributed by atoms with Gasteiger partial charge in [-0.25, -0.2) is 9.11 Å². The number of nitrogens with one attached hydrogen (secondary N) is 1. The van der Waals surface area contributed by atoms with Crippen LogP contribution in [0.15, 0.2) is 65.6 Å². The molecule has 1 heterocycles. The van der Waals surface area contributed by atoms with Gasteiger partial charge in [0.2, 0.25) is 0 Å². The molecule has 0 bridgehead atoms. The van der Waals surface area contributed by atoms with Crippen LogP contribution in [0.3, 0.4) is 0 Å². The third-order valence-electron chi connectivity index (χ3n) is 4.23. The van der Waals surface area contributed by atoms with Gasteiger partial charge in [0, 0.05) is 40.7 Å². The van der Waals surface area contributed by atoms with Crippen molar-refractivity contribution in [2.75, 3.05) is 6.54 Å². The highest BCUT2D eigenvalue weighted by Gasteiger charge is 2.07. The molecule has 0 aliphatic rings. The van der Waals surface area contributed by atoms with Gasteiger partial charge >= 0.3 is 0 Å². The van der Waals surface area contributed by atoms with Crippen molar-refractivity contribution in [2.24, 2.45) is 0 Å². The van der Waals surface area contributed by atoms with Crippen molar-refractivity contribution in [1.82, 2.24) is 9.29 Å². The van der Waals surface area contributed by atoms with Crippen molar-refractivity contribution in [3.05, 3.63) is 93.1 Å². The summed E-state index contributed by atoms with van der Waals surface area (Å²) in [6.07, 6.45) is 2.22. The largest absolute Gasteiger partial charge is 0.760 e. The van der Waals surface area contributed by atoms with E-state index >= 15 is 0 Å². The smallest absolute Gasteiger partial charge is 0.250 e. The molecular formula is C20H17ClFN2O3S-. The third kappa shape index (κ3) is 5.36. The lowest BCUT2D eigenvalue weighted by atomic mass is 10.0. The number of hydrogen-bond acceptors (Lipinski definition) is 3. The quantitative estimate of drug-likeness (QED) is 0.597. The molecule has 5 nitrogen and oxygen atoms in total. The highest BCUT2D eigenvalue weighted by molar-refractivity contribution is 7.77. The predicted octanol–water partition coefficient (Wildman–Crippen LogP) is 3.28. The minimum absolute atomic E-state index is 0.0919. The fraction of sp³-hybridized carbons (Fsp3) is 0.150. The predicted molar refractivity (Wildman–Crippen MR) is 107 cm³/mol. The number of benzene rings is 2.